The maximum Gasteiger partial charge on any atom is 0.408 e. The summed E-state index contributed by atoms with van der Waals surface area (Å²) in [6.07, 6.45) is -0.651. The number of aromatic hydroxyl groups is 1. The molecule has 0 aliphatic rings. The van der Waals surface area contributed by atoms with Gasteiger partial charge in [-0.2, -0.15) is 5.26 Å². The van der Waals surface area contributed by atoms with Gasteiger partial charge in [-0.25, -0.2) is 4.79 Å². The number of hydrogen-bond acceptors (Lipinski definition) is 4. The van der Waals surface area contributed by atoms with E-state index in [0.717, 1.165) is 0 Å². The zero-order valence-corrected chi connectivity index (χ0v) is 10.6. The highest BCUT2D eigenvalue weighted by Crippen LogP contribution is 2.17. The maximum absolute atomic E-state index is 11.5. The van der Waals surface area contributed by atoms with Crippen LogP contribution in [0.2, 0.25) is 0 Å². The van der Waals surface area contributed by atoms with Crippen LogP contribution >= 0.6 is 0 Å². The second kappa shape index (κ2) is 5.41. The Hall–Kier alpha value is -2.22. The monoisotopic (exact) mass is 248 g/mol. The number of nitrogens with zero attached hydrogens (tertiary/aromatic N) is 1. The molecule has 1 aromatic carbocycles. The molecule has 0 fully saturated rings. The van der Waals surface area contributed by atoms with Crippen LogP contribution in [0.3, 0.4) is 0 Å². The lowest BCUT2D eigenvalue weighted by atomic mass is 10.1. The van der Waals surface area contributed by atoms with E-state index >= 15 is 0 Å². The third-order valence-electron chi connectivity index (χ3n) is 2.02. The Labute approximate surface area is 106 Å². The first-order valence-corrected chi connectivity index (χ1v) is 5.50. The van der Waals surface area contributed by atoms with Crippen molar-refractivity contribution in [2.75, 3.05) is 0 Å². The van der Waals surface area contributed by atoms with Gasteiger partial charge in [0.25, 0.3) is 0 Å². The van der Waals surface area contributed by atoms with E-state index in [9.17, 15) is 4.79 Å². The van der Waals surface area contributed by atoms with Crippen LogP contribution in [0.5, 0.6) is 5.75 Å². The number of carbonyl (C=O) groups is 1. The zero-order valence-electron chi connectivity index (χ0n) is 10.6. The van der Waals surface area contributed by atoms with Gasteiger partial charge in [0.2, 0.25) is 0 Å². The number of phenols is 1. The molecule has 0 aromatic heterocycles. The van der Waals surface area contributed by atoms with Crippen molar-refractivity contribution in [1.82, 2.24) is 5.32 Å². The lowest BCUT2D eigenvalue weighted by Crippen LogP contribution is -2.34. The van der Waals surface area contributed by atoms with E-state index in [0.29, 0.717) is 5.56 Å². The summed E-state index contributed by atoms with van der Waals surface area (Å²) in [4.78, 5) is 11.5. The topological polar surface area (TPSA) is 82.3 Å². The Kier molecular flexibility index (Phi) is 4.16. The summed E-state index contributed by atoms with van der Waals surface area (Å²) < 4.78 is 5.06. The summed E-state index contributed by atoms with van der Waals surface area (Å²) in [7, 11) is 0. The van der Waals surface area contributed by atoms with E-state index in [-0.39, 0.29) is 5.75 Å². The van der Waals surface area contributed by atoms with Crippen molar-refractivity contribution < 1.29 is 14.6 Å². The second-order valence-corrected chi connectivity index (χ2v) is 4.80. The molecular weight excluding hydrogens is 232 g/mol. The van der Waals surface area contributed by atoms with Crippen molar-refractivity contribution in [2.24, 2.45) is 0 Å². The summed E-state index contributed by atoms with van der Waals surface area (Å²) in [6, 6.07) is 7.21. The van der Waals surface area contributed by atoms with Crippen LogP contribution in [0.1, 0.15) is 32.4 Å². The fourth-order valence-corrected chi connectivity index (χ4v) is 1.28. The largest absolute Gasteiger partial charge is 0.508 e. The molecule has 0 saturated heterocycles. The van der Waals surface area contributed by atoms with Crippen molar-refractivity contribution >= 4 is 6.09 Å². The molecule has 5 heteroatoms. The highest BCUT2D eigenvalue weighted by atomic mass is 16.6. The molecule has 1 atom stereocenters. The quantitative estimate of drug-likeness (QED) is 0.842. The molecule has 1 unspecified atom stereocenters. The van der Waals surface area contributed by atoms with Crippen LogP contribution in [0.15, 0.2) is 24.3 Å². The van der Waals surface area contributed by atoms with Gasteiger partial charge in [0, 0.05) is 0 Å². The number of nitriles is 1. The predicted octanol–water partition coefficient (Wildman–Crippen LogP) is 2.48. The molecular formula is C13H16N2O3. The lowest BCUT2D eigenvalue weighted by Gasteiger charge is -2.21. The van der Waals surface area contributed by atoms with Crippen molar-refractivity contribution in [3.05, 3.63) is 29.8 Å². The molecule has 18 heavy (non-hydrogen) atoms. The molecule has 2 N–H and O–H groups in total. The molecule has 0 radical (unpaired) electrons. The number of rotatable bonds is 2. The number of phenolic OH excluding ortho intramolecular Hbond substituents is 1. The van der Waals surface area contributed by atoms with Crippen molar-refractivity contribution in [1.29, 1.82) is 5.26 Å². The molecule has 5 nitrogen and oxygen atoms in total. The predicted molar refractivity (Wildman–Crippen MR) is 65.8 cm³/mol. The van der Waals surface area contributed by atoms with Crippen molar-refractivity contribution in [3.63, 3.8) is 0 Å². The third-order valence-corrected chi connectivity index (χ3v) is 2.02. The minimum atomic E-state index is -0.805. The number of carbonyl (C=O) groups excluding carboxylic acids is 1. The summed E-state index contributed by atoms with van der Waals surface area (Å²) in [5.74, 6) is 0.104. The summed E-state index contributed by atoms with van der Waals surface area (Å²) in [5.41, 5.74) is -0.0277. The summed E-state index contributed by atoms with van der Waals surface area (Å²) >= 11 is 0. The Morgan fingerprint density at radius 2 is 1.94 bits per heavy atom. The van der Waals surface area contributed by atoms with Crippen LogP contribution in [0.4, 0.5) is 4.79 Å². The van der Waals surface area contributed by atoms with Crippen LogP contribution in [0, 0.1) is 11.3 Å². The molecule has 0 spiro atoms. The molecule has 96 valence electrons. The van der Waals surface area contributed by atoms with Gasteiger partial charge >= 0.3 is 6.09 Å². The van der Waals surface area contributed by atoms with E-state index in [1.165, 1.54) is 12.1 Å². The first-order chi connectivity index (χ1) is 8.31. The molecule has 0 aliphatic heterocycles. The molecule has 1 amide bonds. The van der Waals surface area contributed by atoms with Gasteiger partial charge in [0.05, 0.1) is 6.07 Å². The van der Waals surface area contributed by atoms with Crippen LogP contribution in [0.25, 0.3) is 0 Å². The standard InChI is InChI=1S/C13H16N2O3/c1-13(2,3)18-12(17)15-11(8-14)9-4-6-10(16)7-5-9/h4-7,11,16H,1-3H3,(H,15,17). The molecule has 0 aliphatic carbocycles. The van der Waals surface area contributed by atoms with E-state index in [1.54, 1.807) is 32.9 Å². The number of hydrogen-bond donors (Lipinski definition) is 2. The zero-order chi connectivity index (χ0) is 13.8. The lowest BCUT2D eigenvalue weighted by molar-refractivity contribution is 0.0515. The van der Waals surface area contributed by atoms with E-state index in [1.807, 2.05) is 6.07 Å². The fraction of sp³-hybridized carbons (Fsp3) is 0.385. The summed E-state index contributed by atoms with van der Waals surface area (Å²) in [6.45, 7) is 5.23. The first-order valence-electron chi connectivity index (χ1n) is 5.50. The molecule has 0 heterocycles. The Morgan fingerprint density at radius 3 is 2.39 bits per heavy atom. The number of alkyl carbamates (subject to hydrolysis) is 1. The minimum absolute atomic E-state index is 0.104. The summed E-state index contributed by atoms with van der Waals surface area (Å²) in [5, 5.41) is 20.6. The van der Waals surface area contributed by atoms with Gasteiger partial charge in [-0.15, -0.1) is 0 Å². The molecule has 1 aromatic rings. The molecule has 0 saturated carbocycles. The van der Waals surface area contributed by atoms with Crippen molar-refractivity contribution in [2.45, 2.75) is 32.4 Å². The Morgan fingerprint density at radius 1 is 1.39 bits per heavy atom. The Bertz CT molecular complexity index is 455. The normalized spacial score (nSPS) is 12.3. The average molecular weight is 248 g/mol. The van der Waals surface area contributed by atoms with Gasteiger partial charge in [-0.05, 0) is 38.5 Å². The number of benzene rings is 1. The van der Waals surface area contributed by atoms with E-state index in [2.05, 4.69) is 5.32 Å². The number of amides is 1. The molecule has 0 bridgehead atoms. The Balaban J connectivity index is 2.72. The second-order valence-electron chi connectivity index (χ2n) is 4.80. The van der Waals surface area contributed by atoms with E-state index < -0.39 is 17.7 Å². The van der Waals surface area contributed by atoms with Crippen LogP contribution < -0.4 is 5.32 Å². The van der Waals surface area contributed by atoms with Crippen LogP contribution in [-0.4, -0.2) is 16.8 Å². The first kappa shape index (κ1) is 13.8. The molecule has 1 rings (SSSR count). The average Bonchev–Trinajstić information content (AvgIpc) is 2.25. The van der Waals surface area contributed by atoms with Gasteiger partial charge < -0.3 is 15.2 Å². The van der Waals surface area contributed by atoms with Gasteiger partial charge in [0.15, 0.2) is 0 Å². The smallest absolute Gasteiger partial charge is 0.408 e. The van der Waals surface area contributed by atoms with E-state index in [4.69, 9.17) is 15.1 Å². The van der Waals surface area contributed by atoms with Crippen molar-refractivity contribution in [3.8, 4) is 11.8 Å². The number of nitrogens with one attached hydrogen (secondary N) is 1. The number of ether oxygens (including phenoxy) is 1. The van der Waals surface area contributed by atoms with Gasteiger partial charge in [-0.3, -0.25) is 0 Å². The fourth-order valence-electron chi connectivity index (χ4n) is 1.28. The third kappa shape index (κ3) is 4.34. The highest BCUT2D eigenvalue weighted by molar-refractivity contribution is 5.69. The van der Waals surface area contributed by atoms with Gasteiger partial charge in [0.1, 0.15) is 17.4 Å². The maximum atomic E-state index is 11.5. The van der Waals surface area contributed by atoms with Gasteiger partial charge in [-0.1, -0.05) is 12.1 Å². The highest BCUT2D eigenvalue weighted by Gasteiger charge is 2.20. The minimum Gasteiger partial charge on any atom is -0.508 e. The SMILES string of the molecule is CC(C)(C)OC(=O)NC(C#N)c1ccc(O)cc1. The van der Waals surface area contributed by atoms with Crippen LogP contribution in [-0.2, 0) is 4.74 Å².